The van der Waals surface area contributed by atoms with E-state index in [-0.39, 0.29) is 29.6 Å². The molecule has 0 bridgehead atoms. The van der Waals surface area contributed by atoms with E-state index in [0.717, 1.165) is 54.7 Å². The predicted octanol–water partition coefficient (Wildman–Crippen LogP) is 4.50. The molecule has 0 radical (unpaired) electrons. The Hall–Kier alpha value is -4.19. The number of carboxylic acids is 1. The average Bonchev–Trinajstić information content (AvgIpc) is 3.60. The Kier molecular flexibility index (Phi) is 11.0. The molecule has 2 atom stereocenters. The van der Waals surface area contributed by atoms with Gasteiger partial charge in [0.25, 0.3) is 11.7 Å². The number of aliphatic carboxylic acids is 1. The van der Waals surface area contributed by atoms with Crippen LogP contribution in [0.5, 0.6) is 0 Å². The molecule has 1 aliphatic rings. The molecule has 12 heteroatoms. The minimum absolute atomic E-state index is 0.177. The number of carboxylic acid groups (broad SMARTS) is 1. The van der Waals surface area contributed by atoms with Gasteiger partial charge >= 0.3 is 6.18 Å². The van der Waals surface area contributed by atoms with Crippen molar-refractivity contribution in [2.24, 2.45) is 0 Å². The number of furan rings is 1. The van der Waals surface area contributed by atoms with Crippen molar-refractivity contribution in [2.45, 2.75) is 63.8 Å². The van der Waals surface area contributed by atoms with Gasteiger partial charge in [0.1, 0.15) is 35.9 Å². The summed E-state index contributed by atoms with van der Waals surface area (Å²) in [6.45, 7) is 1.62. The fourth-order valence-electron chi connectivity index (χ4n) is 4.29. The molecule has 2 aromatic heterocycles. The van der Waals surface area contributed by atoms with Crippen molar-refractivity contribution in [3.8, 4) is 11.3 Å². The largest absolute Gasteiger partial charge is 0.542 e. The first-order valence-electron chi connectivity index (χ1n) is 13.1. The number of methoxy groups -OCH3 is 1. The zero-order chi connectivity index (χ0) is 30.0. The number of aromatic amines is 2. The lowest BCUT2D eigenvalue weighted by molar-refractivity contribution is -0.391. The van der Waals surface area contributed by atoms with Gasteiger partial charge in [-0.3, -0.25) is 4.79 Å². The summed E-state index contributed by atoms with van der Waals surface area (Å²) in [5, 5.41) is 11.9. The van der Waals surface area contributed by atoms with Gasteiger partial charge in [-0.05, 0) is 32.3 Å². The molecule has 9 nitrogen and oxygen atoms in total. The van der Waals surface area contributed by atoms with Crippen molar-refractivity contribution < 1.29 is 46.8 Å². The van der Waals surface area contributed by atoms with E-state index in [1.54, 1.807) is 20.1 Å². The molecule has 4 rings (SSSR count). The average molecular weight is 576 g/mol. The van der Waals surface area contributed by atoms with Gasteiger partial charge < -0.3 is 29.2 Å². The van der Waals surface area contributed by atoms with E-state index in [0.29, 0.717) is 12.2 Å². The number of halogens is 3. The Morgan fingerprint density at radius 3 is 2.54 bits per heavy atom. The highest BCUT2D eigenvalue weighted by Gasteiger charge is 2.29. The van der Waals surface area contributed by atoms with Gasteiger partial charge in [-0.15, -0.1) is 0 Å². The van der Waals surface area contributed by atoms with Crippen molar-refractivity contribution in [1.82, 2.24) is 10.3 Å². The van der Waals surface area contributed by atoms with E-state index >= 15 is 0 Å². The Morgan fingerprint density at radius 2 is 1.90 bits per heavy atom. The van der Waals surface area contributed by atoms with Gasteiger partial charge in [0.2, 0.25) is 0 Å². The summed E-state index contributed by atoms with van der Waals surface area (Å²) >= 11 is 0. The summed E-state index contributed by atoms with van der Waals surface area (Å²) in [4.78, 5) is 39.9. The number of imidazole rings is 1. The number of Topliss-reactive ketones (excluding diaryl/α,β-unsaturated/α-hetero) is 1. The van der Waals surface area contributed by atoms with Crippen molar-refractivity contribution in [1.29, 1.82) is 0 Å². The van der Waals surface area contributed by atoms with E-state index < -0.39 is 12.1 Å². The number of rotatable bonds is 11. The van der Waals surface area contributed by atoms with Crippen LogP contribution in [0.3, 0.4) is 0 Å². The summed E-state index contributed by atoms with van der Waals surface area (Å²) < 4.78 is 42.9. The highest BCUT2D eigenvalue weighted by molar-refractivity contribution is 5.92. The number of fused-ring (bicyclic) bond motifs is 1. The molecular weight excluding hydrogens is 543 g/mol. The van der Waals surface area contributed by atoms with Crippen LogP contribution in [0.1, 0.15) is 85.3 Å². The first-order valence-corrected chi connectivity index (χ1v) is 13.1. The maximum Gasteiger partial charge on any atom is 0.430 e. The van der Waals surface area contributed by atoms with Gasteiger partial charge in [0, 0.05) is 24.7 Å². The van der Waals surface area contributed by atoms with Gasteiger partial charge in [-0.2, -0.15) is 13.2 Å². The quantitative estimate of drug-likeness (QED) is 0.323. The monoisotopic (exact) mass is 575 g/mol. The molecule has 220 valence electrons. The minimum atomic E-state index is -5.19. The number of hydrogen-bond acceptors (Lipinski definition) is 6. The van der Waals surface area contributed by atoms with E-state index in [9.17, 15) is 22.8 Å². The van der Waals surface area contributed by atoms with E-state index in [1.165, 1.54) is 0 Å². The summed E-state index contributed by atoms with van der Waals surface area (Å²) in [5.74, 6) is -1.28. The number of carbonyl (C=O) groups excluding carboxylic acids is 3. The molecule has 0 saturated heterocycles. The first-order chi connectivity index (χ1) is 19.5. The highest BCUT2D eigenvalue weighted by atomic mass is 19.4. The number of hydrogen-bond donors (Lipinski definition) is 2. The molecule has 1 unspecified atom stereocenters. The number of ether oxygens (including phenoxy) is 1. The molecular formula is C29H32F3N3O6. The smallest absolute Gasteiger partial charge is 0.430 e. The Labute approximate surface area is 234 Å². The van der Waals surface area contributed by atoms with E-state index in [2.05, 4.69) is 15.3 Å². The lowest BCUT2D eigenvalue weighted by atomic mass is 10.0. The van der Waals surface area contributed by atoms with Gasteiger partial charge in [-0.25, -0.2) is 9.97 Å². The highest BCUT2D eigenvalue weighted by Crippen LogP contribution is 2.33. The van der Waals surface area contributed by atoms with Crippen LogP contribution in [0.15, 0.2) is 53.1 Å². The first kappa shape index (κ1) is 31.3. The van der Waals surface area contributed by atoms with Crippen molar-refractivity contribution in [3.05, 3.63) is 71.6 Å². The van der Waals surface area contributed by atoms with Gasteiger partial charge in [-0.1, -0.05) is 55.3 Å². The molecule has 0 fully saturated rings. The number of nitrogens with one attached hydrogen (secondary N) is 3. The summed E-state index contributed by atoms with van der Waals surface area (Å²) in [5.41, 5.74) is 2.89. The fourth-order valence-corrected chi connectivity index (χ4v) is 4.29. The Morgan fingerprint density at radius 1 is 1.20 bits per heavy atom. The van der Waals surface area contributed by atoms with Crippen molar-refractivity contribution in [2.75, 3.05) is 7.11 Å². The molecule has 41 heavy (non-hydrogen) atoms. The molecule has 0 aliphatic heterocycles. The van der Waals surface area contributed by atoms with Crippen LogP contribution in [-0.2, 0) is 14.3 Å². The van der Waals surface area contributed by atoms with Crippen LogP contribution >= 0.6 is 0 Å². The van der Waals surface area contributed by atoms with Crippen LogP contribution in [0.4, 0.5) is 13.2 Å². The minimum Gasteiger partial charge on any atom is -0.542 e. The normalized spacial score (nSPS) is 14.9. The number of carbonyl (C=O) groups is 3. The Balaban J connectivity index is 0.000000587. The standard InChI is InChI=1S/C27H31N3O4.C2HF3O2/c1-18(31)10-5-3-8-14-21(26-28-17-22(29-26)19-11-6-4-7-12-19)30-27(32)24-16-20-13-9-15-23(33-2)25(20)34-24;3-2(4,5)1(6)7/h4,6-7,9,11-13,16-17,21,23H,3,5,8,10,14-15H2,1-2H3,(H,28,29)(H,30,32);(H,6,7)/t21-,23?;/m0./s1. The summed E-state index contributed by atoms with van der Waals surface area (Å²) in [7, 11) is 1.64. The third-order valence-electron chi connectivity index (χ3n) is 6.37. The zero-order valence-electron chi connectivity index (χ0n) is 22.7. The molecule has 1 aromatic carbocycles. The van der Waals surface area contributed by atoms with Crippen LogP contribution < -0.4 is 15.4 Å². The third kappa shape index (κ3) is 9.17. The number of H-pyrrole nitrogens is 2. The molecule has 3 N–H and O–H groups in total. The number of amides is 1. The number of ketones is 1. The van der Waals surface area contributed by atoms with Crippen molar-refractivity contribution in [3.63, 3.8) is 0 Å². The van der Waals surface area contributed by atoms with Gasteiger partial charge in [0.15, 0.2) is 11.5 Å². The maximum atomic E-state index is 13.2. The lowest BCUT2D eigenvalue weighted by Crippen LogP contribution is -2.37. The second kappa shape index (κ2) is 14.4. The molecule has 3 aromatic rings. The lowest BCUT2D eigenvalue weighted by Gasteiger charge is -2.15. The molecule has 2 heterocycles. The maximum absolute atomic E-state index is 13.2. The van der Waals surface area contributed by atoms with Gasteiger partial charge in [0.05, 0.1) is 0 Å². The molecule has 0 spiro atoms. The van der Waals surface area contributed by atoms with Crippen LogP contribution in [0, 0.1) is 0 Å². The van der Waals surface area contributed by atoms with Crippen LogP contribution in [-0.4, -0.2) is 35.9 Å². The number of alkyl halides is 3. The summed E-state index contributed by atoms with van der Waals surface area (Å²) in [6.07, 6.45) is 5.24. The van der Waals surface area contributed by atoms with Crippen LogP contribution in [0.2, 0.25) is 0 Å². The second-order valence-corrected chi connectivity index (χ2v) is 9.51. The SMILES string of the molecule is COC1CC=Cc2cc(C(=O)N[C@@H](CCCCCC(C)=O)c3[nH]c(-c4ccccc4)c[nH+]3)oc21.O=C([O-])C(F)(F)F. The number of benzene rings is 1. The molecule has 0 saturated carbocycles. The van der Waals surface area contributed by atoms with E-state index in [4.69, 9.17) is 19.1 Å². The van der Waals surface area contributed by atoms with Crippen LogP contribution in [0.25, 0.3) is 17.3 Å². The second-order valence-electron chi connectivity index (χ2n) is 9.51. The number of aromatic nitrogens is 2. The zero-order valence-corrected chi connectivity index (χ0v) is 22.7. The number of unbranched alkanes of at least 4 members (excludes halogenated alkanes) is 2. The Bertz CT molecular complexity index is 1350. The summed E-state index contributed by atoms with van der Waals surface area (Å²) in [6, 6.07) is 11.5. The van der Waals surface area contributed by atoms with E-state index in [1.807, 2.05) is 48.7 Å². The third-order valence-corrected chi connectivity index (χ3v) is 6.37. The molecule has 1 amide bonds. The molecule has 1 aliphatic carbocycles. The predicted molar refractivity (Wildman–Crippen MR) is 140 cm³/mol. The van der Waals surface area contributed by atoms with Crippen molar-refractivity contribution >= 4 is 23.7 Å². The topological polar surface area (TPSA) is 139 Å². The fraction of sp³-hybridized carbons (Fsp3) is 0.379.